The summed E-state index contributed by atoms with van der Waals surface area (Å²) in [6.07, 6.45) is -2.71. The molecule has 0 radical (unpaired) electrons. The average Bonchev–Trinajstić information content (AvgIpc) is 2.70. The molecule has 0 aliphatic heterocycles. The highest BCUT2D eigenvalue weighted by Gasteiger charge is 2.18. The normalized spacial score (nSPS) is 11.1. The Hall–Kier alpha value is -1.63. The van der Waals surface area contributed by atoms with E-state index in [4.69, 9.17) is 5.84 Å². The predicted octanol–water partition coefficient (Wildman–Crippen LogP) is 2.53. The van der Waals surface area contributed by atoms with Gasteiger partial charge in [-0.2, -0.15) is 0 Å². The van der Waals surface area contributed by atoms with Gasteiger partial charge in [-0.3, -0.25) is 0 Å². The highest BCUT2D eigenvalue weighted by Crippen LogP contribution is 2.23. The molecule has 18 heavy (non-hydrogen) atoms. The summed E-state index contributed by atoms with van der Waals surface area (Å²) in [6, 6.07) is 7.95. The highest BCUT2D eigenvalue weighted by molar-refractivity contribution is 7.98. The molecule has 2 N–H and O–H groups in total. The maximum absolute atomic E-state index is 12.4. The average molecular weight is 270 g/mol. The van der Waals surface area contributed by atoms with Crippen LogP contribution < -0.4 is 5.84 Å². The van der Waals surface area contributed by atoms with E-state index in [2.05, 4.69) is 10.2 Å². The number of alkyl halides is 2. The molecule has 1 aromatic carbocycles. The lowest BCUT2D eigenvalue weighted by atomic mass is 10.2. The summed E-state index contributed by atoms with van der Waals surface area (Å²) >= 11 is 1.28. The minimum Gasteiger partial charge on any atom is -0.335 e. The van der Waals surface area contributed by atoms with Crippen molar-refractivity contribution in [1.29, 1.82) is 0 Å². The zero-order valence-corrected chi connectivity index (χ0v) is 10.5. The molecule has 1 heterocycles. The van der Waals surface area contributed by atoms with Crippen LogP contribution in [0.15, 0.2) is 29.4 Å². The van der Waals surface area contributed by atoms with Crippen molar-refractivity contribution in [2.24, 2.45) is 0 Å². The molecule has 0 saturated carbocycles. The van der Waals surface area contributed by atoms with E-state index < -0.39 is 12.2 Å². The molecule has 4 nitrogen and oxygen atoms in total. The molecule has 96 valence electrons. The Balaban J connectivity index is 2.04. The van der Waals surface area contributed by atoms with Crippen molar-refractivity contribution < 1.29 is 8.78 Å². The lowest BCUT2D eigenvalue weighted by molar-refractivity contribution is 0.136. The number of rotatable bonds is 4. The Morgan fingerprint density at radius 2 is 1.94 bits per heavy atom. The van der Waals surface area contributed by atoms with Crippen molar-refractivity contribution in [3.63, 3.8) is 0 Å². The number of halogens is 2. The fourth-order valence-corrected chi connectivity index (χ4v) is 2.19. The molecule has 0 atom stereocenters. The van der Waals surface area contributed by atoms with Crippen LogP contribution in [0.2, 0.25) is 0 Å². The number of aryl methyl sites for hydroxylation is 1. The van der Waals surface area contributed by atoms with E-state index in [1.807, 2.05) is 31.2 Å². The molecule has 0 aliphatic carbocycles. The van der Waals surface area contributed by atoms with Crippen molar-refractivity contribution in [2.45, 2.75) is 24.3 Å². The number of nitrogens with two attached hydrogens (primary N) is 1. The van der Waals surface area contributed by atoms with Crippen molar-refractivity contribution in [2.75, 3.05) is 5.84 Å². The molecule has 1 aromatic heterocycles. The maximum Gasteiger partial charge on any atom is 0.299 e. The fraction of sp³-hybridized carbons (Fsp3) is 0.273. The van der Waals surface area contributed by atoms with Crippen LogP contribution in [0.4, 0.5) is 8.78 Å². The van der Waals surface area contributed by atoms with Gasteiger partial charge in [-0.25, -0.2) is 13.5 Å². The van der Waals surface area contributed by atoms with E-state index in [1.54, 1.807) is 0 Å². The van der Waals surface area contributed by atoms with Crippen LogP contribution in [0, 0.1) is 6.92 Å². The predicted molar refractivity (Wildman–Crippen MR) is 65.9 cm³/mol. The Morgan fingerprint density at radius 3 is 2.50 bits per heavy atom. The first-order chi connectivity index (χ1) is 8.58. The summed E-state index contributed by atoms with van der Waals surface area (Å²) in [7, 11) is 0. The molecule has 0 aliphatic rings. The molecule has 0 bridgehead atoms. The van der Waals surface area contributed by atoms with E-state index >= 15 is 0 Å². The monoisotopic (exact) mass is 270 g/mol. The van der Waals surface area contributed by atoms with Gasteiger partial charge in [0.15, 0.2) is 0 Å². The minimum absolute atomic E-state index is 0.283. The molecule has 2 rings (SSSR count). The van der Waals surface area contributed by atoms with Crippen LogP contribution in [0.25, 0.3) is 0 Å². The summed E-state index contributed by atoms with van der Waals surface area (Å²) in [5.74, 6) is 5.58. The first kappa shape index (κ1) is 12.8. The molecule has 0 fully saturated rings. The van der Waals surface area contributed by atoms with Gasteiger partial charge in [0.05, 0.1) is 0 Å². The number of hydrogen-bond acceptors (Lipinski definition) is 4. The van der Waals surface area contributed by atoms with Crippen LogP contribution in [0.3, 0.4) is 0 Å². The number of hydrogen-bond donors (Lipinski definition) is 1. The lowest BCUT2D eigenvalue weighted by Crippen LogP contribution is -2.14. The molecule has 7 heteroatoms. The van der Waals surface area contributed by atoms with Crippen LogP contribution in [0.5, 0.6) is 0 Å². The second kappa shape index (κ2) is 5.34. The van der Waals surface area contributed by atoms with E-state index in [1.165, 1.54) is 17.3 Å². The van der Waals surface area contributed by atoms with Gasteiger partial charge in [-0.15, -0.1) is 10.2 Å². The van der Waals surface area contributed by atoms with Crippen LogP contribution in [0.1, 0.15) is 23.4 Å². The Morgan fingerprint density at radius 1 is 1.28 bits per heavy atom. The molecular weight excluding hydrogens is 258 g/mol. The van der Waals surface area contributed by atoms with Gasteiger partial charge in [0.25, 0.3) is 6.43 Å². The fourth-order valence-electron chi connectivity index (χ4n) is 1.37. The second-order valence-corrected chi connectivity index (χ2v) is 4.73. The summed E-state index contributed by atoms with van der Waals surface area (Å²) in [6.45, 7) is 2.00. The smallest absolute Gasteiger partial charge is 0.299 e. The quantitative estimate of drug-likeness (QED) is 0.685. The highest BCUT2D eigenvalue weighted by atomic mass is 32.2. The molecule has 0 saturated heterocycles. The van der Waals surface area contributed by atoms with Gasteiger partial charge in [-0.05, 0) is 12.5 Å². The largest absolute Gasteiger partial charge is 0.335 e. The maximum atomic E-state index is 12.4. The van der Waals surface area contributed by atoms with E-state index in [0.29, 0.717) is 5.75 Å². The van der Waals surface area contributed by atoms with Gasteiger partial charge >= 0.3 is 0 Å². The standard InChI is InChI=1S/C11H12F2N4S/c1-7-2-4-8(5-3-7)6-18-11-16-15-10(9(12)13)17(11)14/h2-5,9H,6,14H2,1H3. The SMILES string of the molecule is Cc1ccc(CSc2nnc(C(F)F)n2N)cc1. The minimum atomic E-state index is -2.71. The van der Waals surface area contributed by atoms with E-state index in [0.717, 1.165) is 10.2 Å². The van der Waals surface area contributed by atoms with Crippen molar-refractivity contribution in [1.82, 2.24) is 14.9 Å². The van der Waals surface area contributed by atoms with Crippen molar-refractivity contribution in [3.8, 4) is 0 Å². The summed E-state index contributed by atoms with van der Waals surface area (Å²) in [5, 5.41) is 7.28. The topological polar surface area (TPSA) is 56.7 Å². The summed E-state index contributed by atoms with van der Waals surface area (Å²) in [5.41, 5.74) is 2.25. The second-order valence-electron chi connectivity index (χ2n) is 3.79. The van der Waals surface area contributed by atoms with Crippen molar-refractivity contribution in [3.05, 3.63) is 41.2 Å². The third-order valence-corrected chi connectivity index (χ3v) is 3.39. The zero-order valence-electron chi connectivity index (χ0n) is 9.68. The summed E-state index contributed by atoms with van der Waals surface area (Å²) in [4.78, 5) is 0. The van der Waals surface area contributed by atoms with E-state index in [-0.39, 0.29) is 5.16 Å². The molecule has 2 aromatic rings. The number of nitrogens with zero attached hydrogens (tertiary/aromatic N) is 3. The lowest BCUT2D eigenvalue weighted by Gasteiger charge is -2.03. The van der Waals surface area contributed by atoms with Gasteiger partial charge < -0.3 is 5.84 Å². The Labute approximate surface area is 107 Å². The molecule has 0 unspecified atom stereocenters. The van der Waals surface area contributed by atoms with Gasteiger partial charge in [0, 0.05) is 5.75 Å². The van der Waals surface area contributed by atoms with E-state index in [9.17, 15) is 8.78 Å². The number of aromatic nitrogens is 3. The van der Waals surface area contributed by atoms with Crippen LogP contribution in [-0.2, 0) is 5.75 Å². The zero-order chi connectivity index (χ0) is 13.1. The van der Waals surface area contributed by atoms with Gasteiger partial charge in [-0.1, -0.05) is 41.6 Å². The summed E-state index contributed by atoms with van der Waals surface area (Å²) < 4.78 is 25.7. The third kappa shape index (κ3) is 2.79. The third-order valence-electron chi connectivity index (χ3n) is 2.37. The number of thioether (sulfide) groups is 1. The van der Waals surface area contributed by atoms with Crippen LogP contribution >= 0.6 is 11.8 Å². The Bertz CT molecular complexity index is 524. The molecular formula is C11H12F2N4S. The molecule has 0 spiro atoms. The van der Waals surface area contributed by atoms with Crippen molar-refractivity contribution >= 4 is 11.8 Å². The van der Waals surface area contributed by atoms with Crippen LogP contribution in [-0.4, -0.2) is 14.9 Å². The molecule has 0 amide bonds. The first-order valence-electron chi connectivity index (χ1n) is 5.25. The Kier molecular flexibility index (Phi) is 3.81. The number of nitrogen functional groups attached to an aromatic ring is 1. The van der Waals surface area contributed by atoms with Gasteiger partial charge in [0.1, 0.15) is 0 Å². The number of benzene rings is 1. The van der Waals surface area contributed by atoms with Gasteiger partial charge in [0.2, 0.25) is 11.0 Å². The first-order valence-corrected chi connectivity index (χ1v) is 6.23.